The summed E-state index contributed by atoms with van der Waals surface area (Å²) in [4.78, 5) is 10.2. The summed E-state index contributed by atoms with van der Waals surface area (Å²) in [5, 5.41) is 14.6. The highest BCUT2D eigenvalue weighted by Crippen LogP contribution is 2.14. The molecule has 1 heterocycles. The van der Waals surface area contributed by atoms with Crippen LogP contribution in [0.3, 0.4) is 0 Å². The highest BCUT2D eigenvalue weighted by Gasteiger charge is 2.16. The molecule has 1 aromatic heterocycles. The summed E-state index contributed by atoms with van der Waals surface area (Å²) in [6, 6.07) is 1.49. The molecule has 6 heteroatoms. The summed E-state index contributed by atoms with van der Waals surface area (Å²) < 4.78 is 1.44. The van der Waals surface area contributed by atoms with Crippen LogP contribution in [0.1, 0.15) is 19.5 Å². The van der Waals surface area contributed by atoms with Crippen molar-refractivity contribution in [3.05, 3.63) is 21.9 Å². The molecule has 14 heavy (non-hydrogen) atoms. The first-order valence-corrected chi connectivity index (χ1v) is 4.19. The topological polar surface area (TPSA) is 96.0 Å². The summed E-state index contributed by atoms with van der Waals surface area (Å²) in [6.45, 7) is 6.34. The Kier molecular flexibility index (Phi) is 4.23. The highest BCUT2D eigenvalue weighted by atomic mass is 16.6. The van der Waals surface area contributed by atoms with Crippen LogP contribution in [0.5, 0.6) is 0 Å². The van der Waals surface area contributed by atoms with Gasteiger partial charge in [-0.05, 0) is 17.8 Å². The lowest BCUT2D eigenvalue weighted by molar-refractivity contribution is -0.392. The van der Waals surface area contributed by atoms with Gasteiger partial charge in [-0.25, -0.2) is 0 Å². The molecule has 80 valence electrons. The van der Waals surface area contributed by atoms with Crippen LogP contribution in [0.2, 0.25) is 0 Å². The SMILES string of the molecule is Cc1cc([N+](=O)[O-])n(CC(C)C)n1.N. The van der Waals surface area contributed by atoms with Gasteiger partial charge in [0, 0.05) is 0 Å². The molecule has 3 N–H and O–H groups in total. The van der Waals surface area contributed by atoms with Crippen LogP contribution in [0.25, 0.3) is 0 Å². The van der Waals surface area contributed by atoms with E-state index in [-0.39, 0.29) is 12.0 Å². The van der Waals surface area contributed by atoms with Gasteiger partial charge in [0.15, 0.2) is 0 Å². The van der Waals surface area contributed by atoms with Gasteiger partial charge in [0.2, 0.25) is 0 Å². The van der Waals surface area contributed by atoms with E-state index in [0.29, 0.717) is 18.2 Å². The Morgan fingerprint density at radius 1 is 1.64 bits per heavy atom. The largest absolute Gasteiger partial charge is 0.358 e. The van der Waals surface area contributed by atoms with Crippen LogP contribution in [-0.2, 0) is 6.54 Å². The van der Waals surface area contributed by atoms with Crippen LogP contribution in [0.4, 0.5) is 5.82 Å². The summed E-state index contributed by atoms with van der Waals surface area (Å²) in [5.41, 5.74) is 0.687. The van der Waals surface area contributed by atoms with E-state index >= 15 is 0 Å². The summed E-state index contributed by atoms with van der Waals surface area (Å²) >= 11 is 0. The minimum absolute atomic E-state index is 0. The van der Waals surface area contributed by atoms with E-state index in [1.54, 1.807) is 6.92 Å². The number of aryl methyl sites for hydroxylation is 1. The molecule has 0 aliphatic heterocycles. The van der Waals surface area contributed by atoms with Crippen LogP contribution < -0.4 is 6.15 Å². The minimum atomic E-state index is -0.400. The van der Waals surface area contributed by atoms with Crippen LogP contribution >= 0.6 is 0 Å². The quantitative estimate of drug-likeness (QED) is 0.595. The minimum Gasteiger partial charge on any atom is -0.358 e. The van der Waals surface area contributed by atoms with Crippen molar-refractivity contribution in [2.24, 2.45) is 5.92 Å². The third-order valence-corrected chi connectivity index (χ3v) is 1.61. The van der Waals surface area contributed by atoms with Crippen molar-refractivity contribution in [1.82, 2.24) is 15.9 Å². The fraction of sp³-hybridized carbons (Fsp3) is 0.625. The second kappa shape index (κ2) is 4.71. The van der Waals surface area contributed by atoms with Crippen molar-refractivity contribution in [3.63, 3.8) is 0 Å². The lowest BCUT2D eigenvalue weighted by Crippen LogP contribution is -2.09. The van der Waals surface area contributed by atoms with E-state index < -0.39 is 4.92 Å². The van der Waals surface area contributed by atoms with Gasteiger partial charge >= 0.3 is 5.82 Å². The van der Waals surface area contributed by atoms with E-state index in [1.807, 2.05) is 13.8 Å². The first-order chi connectivity index (χ1) is 6.00. The van der Waals surface area contributed by atoms with Crippen molar-refractivity contribution >= 4 is 5.82 Å². The third kappa shape index (κ3) is 2.81. The standard InChI is InChI=1S/C8H13N3O2.H3N/c1-6(2)5-10-8(11(12)13)4-7(3)9-10;/h4,6H,5H2,1-3H3;1H3. The molecule has 0 saturated heterocycles. The van der Waals surface area contributed by atoms with Crippen LogP contribution in [-0.4, -0.2) is 14.7 Å². The summed E-state index contributed by atoms with van der Waals surface area (Å²) in [5.74, 6) is 0.434. The smallest absolute Gasteiger partial charge is 0.345 e. The molecule has 0 aliphatic carbocycles. The van der Waals surface area contributed by atoms with Gasteiger partial charge in [-0.1, -0.05) is 18.9 Å². The molecule has 6 nitrogen and oxygen atoms in total. The Morgan fingerprint density at radius 3 is 2.64 bits per heavy atom. The average molecular weight is 200 g/mol. The lowest BCUT2D eigenvalue weighted by Gasteiger charge is -2.01. The highest BCUT2D eigenvalue weighted by molar-refractivity contribution is 5.21. The molecule has 1 rings (SSSR count). The second-order valence-electron chi connectivity index (χ2n) is 3.48. The molecule has 1 aromatic rings. The molecule has 0 unspecified atom stereocenters. The zero-order chi connectivity index (χ0) is 10.0. The molecule has 0 saturated carbocycles. The first-order valence-electron chi connectivity index (χ1n) is 4.19. The Labute approximate surface area is 82.7 Å². The normalized spacial score (nSPS) is 10.0. The monoisotopic (exact) mass is 200 g/mol. The Morgan fingerprint density at radius 2 is 2.21 bits per heavy atom. The van der Waals surface area contributed by atoms with E-state index in [4.69, 9.17) is 0 Å². The maximum Gasteiger partial charge on any atom is 0.345 e. The molecule has 0 bridgehead atoms. The fourth-order valence-corrected chi connectivity index (χ4v) is 1.16. The number of nitro groups is 1. The van der Waals surface area contributed by atoms with Gasteiger partial charge < -0.3 is 16.3 Å². The number of aromatic nitrogens is 2. The Balaban J connectivity index is 0.00000169. The van der Waals surface area contributed by atoms with Gasteiger partial charge in [0.1, 0.15) is 6.54 Å². The first kappa shape index (κ1) is 12.6. The van der Waals surface area contributed by atoms with E-state index in [2.05, 4.69) is 5.10 Å². The maximum absolute atomic E-state index is 10.6. The van der Waals surface area contributed by atoms with Crippen molar-refractivity contribution in [2.75, 3.05) is 0 Å². The zero-order valence-electron chi connectivity index (χ0n) is 8.73. The zero-order valence-corrected chi connectivity index (χ0v) is 8.73. The van der Waals surface area contributed by atoms with Crippen molar-refractivity contribution in [3.8, 4) is 0 Å². The molecule has 0 amide bonds. The molecule has 0 radical (unpaired) electrons. The van der Waals surface area contributed by atoms with E-state index in [9.17, 15) is 10.1 Å². The maximum atomic E-state index is 10.6. The molecule has 0 spiro atoms. The van der Waals surface area contributed by atoms with E-state index in [0.717, 1.165) is 0 Å². The molecule has 0 aliphatic rings. The third-order valence-electron chi connectivity index (χ3n) is 1.61. The lowest BCUT2D eigenvalue weighted by atomic mass is 10.2. The predicted molar refractivity (Wildman–Crippen MR) is 53.5 cm³/mol. The molecular formula is C8H16N4O2. The van der Waals surface area contributed by atoms with Crippen molar-refractivity contribution in [2.45, 2.75) is 27.3 Å². The Bertz CT molecular complexity index is 319. The van der Waals surface area contributed by atoms with Gasteiger partial charge in [-0.15, -0.1) is 4.68 Å². The number of nitrogens with zero attached hydrogens (tertiary/aromatic N) is 3. The van der Waals surface area contributed by atoms with Crippen LogP contribution in [0.15, 0.2) is 6.07 Å². The predicted octanol–water partition coefficient (Wildman–Crippen LogP) is 1.92. The summed E-state index contributed by atoms with van der Waals surface area (Å²) in [7, 11) is 0. The average Bonchev–Trinajstić information content (AvgIpc) is 2.29. The molecule has 0 fully saturated rings. The second-order valence-corrected chi connectivity index (χ2v) is 3.48. The molecular weight excluding hydrogens is 184 g/mol. The number of rotatable bonds is 3. The van der Waals surface area contributed by atoms with Crippen molar-refractivity contribution < 1.29 is 4.92 Å². The van der Waals surface area contributed by atoms with Crippen molar-refractivity contribution in [1.29, 1.82) is 0 Å². The van der Waals surface area contributed by atoms with E-state index in [1.165, 1.54) is 10.7 Å². The van der Waals surface area contributed by atoms with Gasteiger partial charge in [-0.3, -0.25) is 0 Å². The molecule has 0 atom stereocenters. The number of hydrogen-bond acceptors (Lipinski definition) is 4. The van der Waals surface area contributed by atoms with Crippen LogP contribution in [0, 0.1) is 23.0 Å². The number of hydrogen-bond donors (Lipinski definition) is 1. The van der Waals surface area contributed by atoms with Gasteiger partial charge in [0.25, 0.3) is 0 Å². The van der Waals surface area contributed by atoms with Gasteiger partial charge in [-0.2, -0.15) is 0 Å². The fourth-order valence-electron chi connectivity index (χ4n) is 1.16. The van der Waals surface area contributed by atoms with Gasteiger partial charge in [0.05, 0.1) is 11.8 Å². The Hall–Kier alpha value is -1.43. The summed E-state index contributed by atoms with van der Waals surface area (Å²) in [6.07, 6.45) is 0. The molecule has 0 aromatic carbocycles.